The van der Waals surface area contributed by atoms with Crippen LogP contribution in [0.1, 0.15) is 6.92 Å². The van der Waals surface area contributed by atoms with Gasteiger partial charge in [0.1, 0.15) is 0 Å². The highest BCUT2D eigenvalue weighted by molar-refractivity contribution is 6.23. The van der Waals surface area contributed by atoms with Gasteiger partial charge in [-0.1, -0.05) is 134 Å². The van der Waals surface area contributed by atoms with Crippen LogP contribution in [0.3, 0.4) is 0 Å². The number of hydrogen-bond acceptors (Lipinski definition) is 0. The largest absolute Gasteiger partial charge is 0.309 e. The minimum absolute atomic E-state index is 1.07. The first-order valence-corrected chi connectivity index (χ1v) is 17.5. The minimum atomic E-state index is 1.07. The first kappa shape index (κ1) is 30.4. The van der Waals surface area contributed by atoms with Gasteiger partial charge in [0.25, 0.3) is 0 Å². The van der Waals surface area contributed by atoms with Crippen molar-refractivity contribution in [3.05, 3.63) is 195 Å². The van der Waals surface area contributed by atoms with Gasteiger partial charge in [-0.15, -0.1) is 0 Å². The van der Waals surface area contributed by atoms with E-state index in [-0.39, 0.29) is 0 Å². The SMILES string of the molecule is C=C/C=C(\C=C/C)n1c2ccc(-c3ccccc3)cc2c2c(-c3cccc4c3c3cc(-c5ccccc5)ccc3n4-c3ccccc3)cccc21. The molecule has 0 N–H and O–H groups in total. The predicted octanol–water partition coefficient (Wildman–Crippen LogP) is 13.5. The van der Waals surface area contributed by atoms with Crippen LogP contribution in [0, 0.1) is 0 Å². The molecule has 0 saturated carbocycles. The second kappa shape index (κ2) is 12.7. The van der Waals surface area contributed by atoms with Crippen LogP contribution in [-0.4, -0.2) is 9.13 Å². The Kier molecular flexibility index (Phi) is 7.56. The monoisotopic (exact) mass is 652 g/mol. The van der Waals surface area contributed by atoms with Crippen molar-refractivity contribution in [2.75, 3.05) is 0 Å². The van der Waals surface area contributed by atoms with Gasteiger partial charge in [0.15, 0.2) is 0 Å². The van der Waals surface area contributed by atoms with Crippen molar-refractivity contribution >= 4 is 49.3 Å². The van der Waals surface area contributed by atoms with Gasteiger partial charge < -0.3 is 9.13 Å². The highest BCUT2D eigenvalue weighted by Gasteiger charge is 2.21. The molecule has 0 bridgehead atoms. The summed E-state index contributed by atoms with van der Waals surface area (Å²) in [5, 5.41) is 4.93. The molecule has 2 heteroatoms. The summed E-state index contributed by atoms with van der Waals surface area (Å²) < 4.78 is 4.79. The molecule has 2 heterocycles. The van der Waals surface area contributed by atoms with Crippen LogP contribution in [0.2, 0.25) is 0 Å². The van der Waals surface area contributed by atoms with Crippen LogP contribution < -0.4 is 0 Å². The molecule has 7 aromatic carbocycles. The van der Waals surface area contributed by atoms with E-state index in [0.29, 0.717) is 0 Å². The van der Waals surface area contributed by atoms with Crippen LogP contribution in [0.5, 0.6) is 0 Å². The van der Waals surface area contributed by atoms with E-state index in [1.807, 2.05) is 6.08 Å². The molecule has 51 heavy (non-hydrogen) atoms. The Morgan fingerprint density at radius 2 is 1.02 bits per heavy atom. The normalized spacial score (nSPS) is 12.1. The fourth-order valence-corrected chi connectivity index (χ4v) is 7.84. The van der Waals surface area contributed by atoms with Crippen molar-refractivity contribution in [1.29, 1.82) is 0 Å². The number of hydrogen-bond donors (Lipinski definition) is 0. The number of para-hydroxylation sites is 1. The molecule has 0 aliphatic rings. The average Bonchev–Trinajstić information content (AvgIpc) is 3.71. The Hall–Kier alpha value is -6.64. The summed E-state index contributed by atoms with van der Waals surface area (Å²) in [5.41, 5.74) is 14.2. The standard InChI is InChI=1S/C49H36N2/c1-3-16-38(17-4-2)50-44-30-28-36(34-18-8-5-9-19-34)32-42(44)48-40(24-14-26-46(48)50)41-25-15-27-47-49(41)43-33-37(35-20-10-6-11-21-35)29-31-45(43)51(47)39-22-12-7-13-23-39/h3-33H,1H2,2H3/b17-4-,38-16+. The third kappa shape index (κ3) is 5.04. The van der Waals surface area contributed by atoms with Crippen molar-refractivity contribution in [3.63, 3.8) is 0 Å². The maximum absolute atomic E-state index is 4.07. The lowest BCUT2D eigenvalue weighted by Crippen LogP contribution is -1.94. The van der Waals surface area contributed by atoms with Gasteiger partial charge in [0.05, 0.1) is 22.1 Å². The van der Waals surface area contributed by atoms with E-state index in [1.54, 1.807) is 0 Å². The summed E-state index contributed by atoms with van der Waals surface area (Å²) in [6, 6.07) is 59.4. The predicted molar refractivity (Wildman–Crippen MR) is 219 cm³/mol. The zero-order valence-corrected chi connectivity index (χ0v) is 28.5. The Labute approximate surface area is 298 Å². The van der Waals surface area contributed by atoms with Gasteiger partial charge >= 0.3 is 0 Å². The maximum atomic E-state index is 4.07. The third-order valence-corrected chi connectivity index (χ3v) is 9.98. The van der Waals surface area contributed by atoms with Crippen LogP contribution in [0.4, 0.5) is 0 Å². The van der Waals surface area contributed by atoms with Gasteiger partial charge in [-0.3, -0.25) is 0 Å². The minimum Gasteiger partial charge on any atom is -0.309 e. The first-order chi connectivity index (χ1) is 25.2. The van der Waals surface area contributed by atoms with Crippen LogP contribution in [0.25, 0.3) is 88.4 Å². The lowest BCUT2D eigenvalue weighted by Gasteiger charge is -2.11. The highest BCUT2D eigenvalue weighted by atomic mass is 15.0. The van der Waals surface area contributed by atoms with Crippen LogP contribution in [-0.2, 0) is 0 Å². The number of allylic oxidation sites excluding steroid dienone is 5. The van der Waals surface area contributed by atoms with E-state index in [9.17, 15) is 0 Å². The Morgan fingerprint density at radius 1 is 0.490 bits per heavy atom. The Morgan fingerprint density at radius 3 is 1.61 bits per heavy atom. The average molecular weight is 653 g/mol. The van der Waals surface area contributed by atoms with Gasteiger partial charge in [-0.2, -0.15) is 0 Å². The fraction of sp³-hybridized carbons (Fsp3) is 0.0204. The van der Waals surface area contributed by atoms with Crippen molar-refractivity contribution in [2.45, 2.75) is 6.92 Å². The van der Waals surface area contributed by atoms with Gasteiger partial charge in [-0.05, 0) is 101 Å². The smallest absolute Gasteiger partial charge is 0.0547 e. The molecule has 9 aromatic rings. The number of fused-ring (bicyclic) bond motifs is 6. The first-order valence-electron chi connectivity index (χ1n) is 17.5. The molecule has 242 valence electrons. The molecule has 0 aliphatic heterocycles. The number of benzene rings is 7. The molecule has 0 aliphatic carbocycles. The molecular weight excluding hydrogens is 617 g/mol. The second-order valence-electron chi connectivity index (χ2n) is 12.9. The zero-order valence-electron chi connectivity index (χ0n) is 28.5. The van der Waals surface area contributed by atoms with Crippen molar-refractivity contribution in [1.82, 2.24) is 9.13 Å². The van der Waals surface area contributed by atoms with Gasteiger partial charge in [-0.25, -0.2) is 0 Å². The summed E-state index contributed by atoms with van der Waals surface area (Å²) in [6.45, 7) is 6.13. The molecule has 2 nitrogen and oxygen atoms in total. The summed E-state index contributed by atoms with van der Waals surface area (Å²) in [5.74, 6) is 0. The molecular formula is C49H36N2. The molecule has 0 unspecified atom stereocenters. The van der Waals surface area contributed by atoms with E-state index >= 15 is 0 Å². The molecule has 0 saturated heterocycles. The number of nitrogens with zero attached hydrogens (tertiary/aromatic N) is 2. The van der Waals surface area contributed by atoms with E-state index in [2.05, 4.69) is 205 Å². The summed E-state index contributed by atoms with van der Waals surface area (Å²) >= 11 is 0. The van der Waals surface area contributed by atoms with E-state index < -0.39 is 0 Å². The molecule has 2 aromatic heterocycles. The highest BCUT2D eigenvalue weighted by Crippen LogP contribution is 2.45. The van der Waals surface area contributed by atoms with E-state index in [4.69, 9.17) is 0 Å². The molecule has 9 rings (SSSR count). The van der Waals surface area contributed by atoms with Gasteiger partial charge in [0.2, 0.25) is 0 Å². The number of rotatable bonds is 7. The quantitative estimate of drug-likeness (QED) is 0.152. The summed E-state index contributed by atoms with van der Waals surface area (Å²) in [7, 11) is 0. The van der Waals surface area contributed by atoms with E-state index in [0.717, 1.165) is 22.4 Å². The van der Waals surface area contributed by atoms with Crippen LogP contribution in [0.15, 0.2) is 195 Å². The second-order valence-corrected chi connectivity index (χ2v) is 12.9. The summed E-state index contributed by atoms with van der Waals surface area (Å²) in [6.07, 6.45) is 8.23. The van der Waals surface area contributed by atoms with Crippen LogP contribution >= 0.6 is 0 Å². The third-order valence-electron chi connectivity index (χ3n) is 9.98. The molecule has 0 spiro atoms. The number of aromatic nitrogens is 2. The lowest BCUT2D eigenvalue weighted by molar-refractivity contribution is 1.18. The molecule has 0 fully saturated rings. The molecule has 0 radical (unpaired) electrons. The topological polar surface area (TPSA) is 9.86 Å². The summed E-state index contributed by atoms with van der Waals surface area (Å²) in [4.78, 5) is 0. The Bertz CT molecular complexity index is 2790. The lowest BCUT2D eigenvalue weighted by atomic mass is 9.94. The Balaban J connectivity index is 1.42. The van der Waals surface area contributed by atoms with Crippen molar-refractivity contribution < 1.29 is 0 Å². The fourth-order valence-electron chi connectivity index (χ4n) is 7.84. The maximum Gasteiger partial charge on any atom is 0.0547 e. The van der Waals surface area contributed by atoms with Crippen molar-refractivity contribution in [3.8, 4) is 39.1 Å². The van der Waals surface area contributed by atoms with E-state index in [1.165, 1.54) is 66.0 Å². The zero-order chi connectivity index (χ0) is 34.3. The van der Waals surface area contributed by atoms with Gasteiger partial charge in [0, 0.05) is 32.9 Å². The molecule has 0 atom stereocenters. The van der Waals surface area contributed by atoms with Crippen molar-refractivity contribution in [2.24, 2.45) is 0 Å². The molecule has 0 amide bonds.